The van der Waals surface area contributed by atoms with Gasteiger partial charge in [0.1, 0.15) is 12.4 Å². The van der Waals surface area contributed by atoms with E-state index in [-0.39, 0.29) is 0 Å². The monoisotopic (exact) mass is 349 g/mol. The number of likely N-dealkylation sites (tertiary alicyclic amines) is 1. The van der Waals surface area contributed by atoms with E-state index in [4.69, 9.17) is 4.74 Å². The number of hydrogen-bond acceptors (Lipinski definition) is 3. The Morgan fingerprint density at radius 3 is 2.77 bits per heavy atom. The summed E-state index contributed by atoms with van der Waals surface area (Å²) >= 11 is 0. The number of urea groups is 1. The number of carbonyl (C=O) groups excluding carboxylic acids is 1. The maximum absolute atomic E-state index is 11.2. The smallest absolute Gasteiger partial charge is 0.368 e. The van der Waals surface area contributed by atoms with Gasteiger partial charge < -0.3 is 4.74 Å². The molecule has 134 valence electrons. The number of hydrogen-bond donors (Lipinski definition) is 0. The summed E-state index contributed by atoms with van der Waals surface area (Å²) in [6.45, 7) is 2.68. The van der Waals surface area contributed by atoms with Crippen molar-refractivity contribution in [1.82, 2.24) is 4.90 Å². The van der Waals surface area contributed by atoms with E-state index in [2.05, 4.69) is 45.2 Å². The number of piperidine rings is 1. The third-order valence-electron chi connectivity index (χ3n) is 5.09. The van der Waals surface area contributed by atoms with Crippen LogP contribution >= 0.6 is 0 Å². The van der Waals surface area contributed by atoms with Crippen molar-refractivity contribution in [3.63, 3.8) is 0 Å². The van der Waals surface area contributed by atoms with Gasteiger partial charge in [0.15, 0.2) is 0 Å². The molecule has 0 N–H and O–H groups in total. The Kier molecular flexibility index (Phi) is 5.07. The Bertz CT molecular complexity index is 895. The van der Waals surface area contributed by atoms with E-state index in [1.165, 1.54) is 24.8 Å². The lowest BCUT2D eigenvalue weighted by Gasteiger charge is -2.35. The van der Waals surface area contributed by atoms with Gasteiger partial charge in [0.05, 0.1) is 10.7 Å². The highest BCUT2D eigenvalue weighted by molar-refractivity contribution is 5.77. The van der Waals surface area contributed by atoms with Gasteiger partial charge in [-0.3, -0.25) is 4.90 Å². The van der Waals surface area contributed by atoms with Gasteiger partial charge in [-0.25, -0.2) is 4.79 Å². The van der Waals surface area contributed by atoms with Gasteiger partial charge in [-0.05, 0) is 43.5 Å². The van der Waals surface area contributed by atoms with Crippen LogP contribution in [-0.2, 0) is 6.42 Å². The number of amides is 2. The summed E-state index contributed by atoms with van der Waals surface area (Å²) in [6.07, 6.45) is 4.91. The normalized spacial score (nSPS) is 19.5. The Morgan fingerprint density at radius 1 is 1.04 bits per heavy atom. The summed E-state index contributed by atoms with van der Waals surface area (Å²) in [7, 11) is 0. The minimum Gasteiger partial charge on any atom is -0.492 e. The molecule has 2 aliphatic rings. The van der Waals surface area contributed by atoms with Crippen molar-refractivity contribution < 1.29 is 9.53 Å². The SMILES string of the molecule is O=C1N=c2ccc(OCCN3CCCCC3Cc3ccccc3)cc2=N1. The van der Waals surface area contributed by atoms with Crippen LogP contribution in [0.4, 0.5) is 4.79 Å². The summed E-state index contributed by atoms with van der Waals surface area (Å²) in [5.74, 6) is 0.744. The lowest BCUT2D eigenvalue weighted by Crippen LogP contribution is -2.43. The third kappa shape index (κ3) is 3.99. The highest BCUT2D eigenvalue weighted by Crippen LogP contribution is 2.20. The summed E-state index contributed by atoms with van der Waals surface area (Å²) < 4.78 is 5.91. The molecule has 0 aliphatic carbocycles. The van der Waals surface area contributed by atoms with Crippen LogP contribution in [0, 0.1) is 0 Å². The molecule has 0 bridgehead atoms. The van der Waals surface area contributed by atoms with Crippen molar-refractivity contribution in [2.75, 3.05) is 19.7 Å². The van der Waals surface area contributed by atoms with Gasteiger partial charge in [0.25, 0.3) is 0 Å². The minimum atomic E-state index is -0.436. The van der Waals surface area contributed by atoms with Crippen LogP contribution in [0.5, 0.6) is 5.75 Å². The van der Waals surface area contributed by atoms with E-state index < -0.39 is 6.03 Å². The maximum Gasteiger partial charge on any atom is 0.368 e. The van der Waals surface area contributed by atoms with Crippen LogP contribution in [0.1, 0.15) is 24.8 Å². The minimum absolute atomic E-state index is 0.436. The molecule has 2 aromatic rings. The standard InChI is InChI=1S/C21H23N3O2/c25-21-22-19-10-9-18(15-20(19)23-21)26-13-12-24-11-5-4-8-17(24)14-16-6-2-1-3-7-16/h1-3,6-7,9-10,15,17H,4-5,8,11-14H2. The largest absolute Gasteiger partial charge is 0.492 e. The van der Waals surface area contributed by atoms with Crippen LogP contribution in [0.25, 0.3) is 0 Å². The van der Waals surface area contributed by atoms with Crippen LogP contribution in [0.3, 0.4) is 0 Å². The maximum atomic E-state index is 11.2. The molecule has 2 aliphatic heterocycles. The van der Waals surface area contributed by atoms with Crippen molar-refractivity contribution in [3.05, 3.63) is 64.8 Å². The first-order valence-corrected chi connectivity index (χ1v) is 9.30. The zero-order chi connectivity index (χ0) is 17.8. The first-order valence-electron chi connectivity index (χ1n) is 9.30. The van der Waals surface area contributed by atoms with Crippen molar-refractivity contribution in [3.8, 4) is 5.75 Å². The Morgan fingerprint density at radius 2 is 1.88 bits per heavy atom. The van der Waals surface area contributed by atoms with Gasteiger partial charge in [0, 0.05) is 18.7 Å². The quantitative estimate of drug-likeness (QED) is 0.805. The van der Waals surface area contributed by atoms with E-state index in [0.29, 0.717) is 23.4 Å². The first-order chi connectivity index (χ1) is 12.8. The zero-order valence-corrected chi connectivity index (χ0v) is 14.8. The molecule has 26 heavy (non-hydrogen) atoms. The van der Waals surface area contributed by atoms with Gasteiger partial charge in [-0.15, -0.1) is 0 Å². The first kappa shape index (κ1) is 16.9. The molecule has 1 fully saturated rings. The molecule has 0 aromatic heterocycles. The molecule has 2 amide bonds. The Hall–Kier alpha value is -2.53. The van der Waals surface area contributed by atoms with E-state index >= 15 is 0 Å². The molecule has 1 unspecified atom stereocenters. The summed E-state index contributed by atoms with van der Waals surface area (Å²) in [6, 6.07) is 16.3. The van der Waals surface area contributed by atoms with E-state index in [1.807, 2.05) is 6.07 Å². The Labute approximate surface area is 153 Å². The van der Waals surface area contributed by atoms with Crippen LogP contribution in [0.15, 0.2) is 58.5 Å². The molecule has 4 rings (SSSR count). The molecule has 1 saturated heterocycles. The molecule has 0 spiro atoms. The average Bonchev–Trinajstić information content (AvgIpc) is 3.03. The molecule has 2 heterocycles. The highest BCUT2D eigenvalue weighted by Gasteiger charge is 2.22. The fraction of sp³-hybridized carbons (Fsp3) is 0.381. The van der Waals surface area contributed by atoms with Crippen molar-refractivity contribution in [2.24, 2.45) is 9.98 Å². The summed E-state index contributed by atoms with van der Waals surface area (Å²) in [5, 5.41) is 1.23. The molecular formula is C21H23N3O2. The van der Waals surface area contributed by atoms with Gasteiger partial charge in [0.2, 0.25) is 0 Å². The van der Waals surface area contributed by atoms with Crippen LogP contribution in [-0.4, -0.2) is 36.7 Å². The van der Waals surface area contributed by atoms with Gasteiger partial charge in [-0.1, -0.05) is 36.8 Å². The Balaban J connectivity index is 1.34. The predicted octanol–water partition coefficient (Wildman–Crippen LogP) is 2.54. The number of benzene rings is 2. The van der Waals surface area contributed by atoms with Crippen LogP contribution < -0.4 is 15.5 Å². The van der Waals surface area contributed by atoms with E-state index in [9.17, 15) is 4.79 Å². The number of nitrogens with zero attached hydrogens (tertiary/aromatic N) is 3. The highest BCUT2D eigenvalue weighted by atomic mass is 16.5. The van der Waals surface area contributed by atoms with E-state index in [1.54, 1.807) is 12.1 Å². The van der Waals surface area contributed by atoms with Crippen LogP contribution in [0.2, 0.25) is 0 Å². The second kappa shape index (κ2) is 7.79. The lowest BCUT2D eigenvalue weighted by molar-refractivity contribution is 0.122. The molecular weight excluding hydrogens is 326 g/mol. The van der Waals surface area contributed by atoms with Gasteiger partial charge in [-0.2, -0.15) is 9.98 Å². The number of carbonyl (C=O) groups is 1. The van der Waals surface area contributed by atoms with E-state index in [0.717, 1.165) is 25.3 Å². The number of rotatable bonds is 6. The van der Waals surface area contributed by atoms with Crippen molar-refractivity contribution in [2.45, 2.75) is 31.7 Å². The van der Waals surface area contributed by atoms with Crippen molar-refractivity contribution in [1.29, 1.82) is 0 Å². The molecule has 2 aromatic carbocycles. The molecule has 1 atom stereocenters. The summed E-state index contributed by atoms with van der Waals surface area (Å²) in [5.41, 5.74) is 1.40. The zero-order valence-electron chi connectivity index (χ0n) is 14.8. The molecule has 5 nitrogen and oxygen atoms in total. The lowest BCUT2D eigenvalue weighted by atomic mass is 9.96. The average molecular weight is 349 g/mol. The number of fused-ring (bicyclic) bond motifs is 1. The fourth-order valence-electron chi connectivity index (χ4n) is 3.76. The summed E-state index contributed by atoms with van der Waals surface area (Å²) in [4.78, 5) is 21.5. The molecule has 5 heteroatoms. The molecule has 0 radical (unpaired) electrons. The van der Waals surface area contributed by atoms with Gasteiger partial charge >= 0.3 is 6.03 Å². The third-order valence-corrected chi connectivity index (χ3v) is 5.09. The second-order valence-electron chi connectivity index (χ2n) is 6.88. The second-order valence-corrected chi connectivity index (χ2v) is 6.88. The van der Waals surface area contributed by atoms with Crippen molar-refractivity contribution >= 4 is 6.03 Å². The molecule has 0 saturated carbocycles. The topological polar surface area (TPSA) is 54.3 Å². The predicted molar refractivity (Wildman–Crippen MR) is 99.0 cm³/mol. The fourth-order valence-corrected chi connectivity index (χ4v) is 3.76. The number of ether oxygens (including phenoxy) is 1.